The largest absolute Gasteiger partial charge is 0.566 e. The van der Waals surface area contributed by atoms with Crippen LogP contribution >= 0.6 is 23.9 Å². The summed E-state index contributed by atoms with van der Waals surface area (Å²) in [7, 11) is -14.8. The standard InChI is InChI=1S/C9H14N3O14P3/c10-7-3(13)1-12(9(16)11-7)8-6(15)5(14)4(24-8)2-23-28(19,20)26-29(21,22)25-27(17)18/h1,4-6,8,13-15H,2H2,(H,19,20)(H,21,22)(H2,10,11,16). The minimum Gasteiger partial charge on any atom is -0.566 e. The van der Waals surface area contributed by atoms with Crippen LogP contribution in [0.2, 0.25) is 0 Å². The summed E-state index contributed by atoms with van der Waals surface area (Å²) in [6.07, 6.45) is -6.05. The number of nitrogens with zero attached hydrogens (tertiary/aromatic N) is 2. The van der Waals surface area contributed by atoms with Crippen molar-refractivity contribution in [1.82, 2.24) is 9.55 Å². The van der Waals surface area contributed by atoms with Crippen molar-refractivity contribution in [3.63, 3.8) is 0 Å². The molecule has 1 fully saturated rings. The molecule has 0 amide bonds. The smallest absolute Gasteiger partial charge is 0.524 e. The topological polar surface area (TPSA) is 273 Å². The second-order valence-electron chi connectivity index (χ2n) is 5.37. The Hall–Kier alpha value is -1.32. The van der Waals surface area contributed by atoms with Crippen molar-refractivity contribution in [3.8, 4) is 5.75 Å². The van der Waals surface area contributed by atoms with E-state index >= 15 is 0 Å². The van der Waals surface area contributed by atoms with E-state index in [1.165, 1.54) is 0 Å². The molecular weight excluding hydrogens is 467 g/mol. The molecule has 2 rings (SSSR count). The number of aromatic hydroxyl groups is 1. The lowest BCUT2D eigenvalue weighted by atomic mass is 10.1. The first kappa shape index (κ1) is 24.0. The van der Waals surface area contributed by atoms with Crippen molar-refractivity contribution in [2.75, 3.05) is 12.3 Å². The van der Waals surface area contributed by atoms with Crippen LogP contribution in [0.4, 0.5) is 5.82 Å². The van der Waals surface area contributed by atoms with E-state index in [0.717, 1.165) is 6.20 Å². The molecule has 0 radical (unpaired) electrons. The maximum atomic E-state index is 11.8. The molecule has 0 aromatic carbocycles. The van der Waals surface area contributed by atoms with E-state index in [2.05, 4.69) is 18.1 Å². The monoisotopic (exact) mass is 481 g/mol. The van der Waals surface area contributed by atoms with Crippen LogP contribution in [0, 0.1) is 0 Å². The normalized spacial score (nSPS) is 29.2. The summed E-state index contributed by atoms with van der Waals surface area (Å²) in [6, 6.07) is 0. The Morgan fingerprint density at radius 3 is 2.52 bits per heavy atom. The van der Waals surface area contributed by atoms with E-state index in [0.29, 0.717) is 4.57 Å². The Kier molecular flexibility index (Phi) is 7.28. The molecule has 0 aliphatic carbocycles. The van der Waals surface area contributed by atoms with E-state index in [-0.39, 0.29) is 0 Å². The molecule has 7 atom stereocenters. The maximum absolute atomic E-state index is 11.8. The third kappa shape index (κ3) is 6.08. The molecule has 7 unspecified atom stereocenters. The van der Waals surface area contributed by atoms with Crippen molar-refractivity contribution in [1.29, 1.82) is 0 Å². The zero-order valence-electron chi connectivity index (χ0n) is 13.8. The van der Waals surface area contributed by atoms with Gasteiger partial charge in [-0.05, 0) is 8.88 Å². The summed E-state index contributed by atoms with van der Waals surface area (Å²) in [5, 5.41) is 29.5. The predicted octanol–water partition coefficient (Wildman–Crippen LogP) is -2.58. The van der Waals surface area contributed by atoms with E-state index in [1.807, 2.05) is 0 Å². The molecule has 1 aliphatic rings. The molecule has 20 heteroatoms. The summed E-state index contributed by atoms with van der Waals surface area (Å²) in [5.74, 6) is -1.15. The molecule has 7 N–H and O–H groups in total. The fraction of sp³-hybridized carbons (Fsp3) is 0.556. The number of aromatic nitrogens is 2. The summed E-state index contributed by atoms with van der Waals surface area (Å²) >= 11 is 0. The van der Waals surface area contributed by atoms with Gasteiger partial charge in [0.25, 0.3) is 0 Å². The predicted molar refractivity (Wildman–Crippen MR) is 85.9 cm³/mol. The SMILES string of the molecule is Nc1nc(=O)n(C2OC(COP(=O)(O)OP(=O)(O)O[P+](=O)[O-])C(O)C2O)cc1O. The molecule has 0 spiro atoms. The Morgan fingerprint density at radius 2 is 1.93 bits per heavy atom. The van der Waals surface area contributed by atoms with Gasteiger partial charge in [-0.15, -0.1) is 0 Å². The lowest BCUT2D eigenvalue weighted by Gasteiger charge is -2.18. The minimum absolute atomic E-state index is 0.506. The highest BCUT2D eigenvalue weighted by Gasteiger charge is 2.46. The van der Waals surface area contributed by atoms with Crippen molar-refractivity contribution in [2.24, 2.45) is 0 Å². The van der Waals surface area contributed by atoms with Crippen LogP contribution in [0.25, 0.3) is 0 Å². The van der Waals surface area contributed by atoms with Gasteiger partial charge in [0.05, 0.1) is 12.8 Å². The lowest BCUT2D eigenvalue weighted by Crippen LogP contribution is -2.36. The van der Waals surface area contributed by atoms with Gasteiger partial charge in [-0.3, -0.25) is 14.0 Å². The average Bonchev–Trinajstić information content (AvgIpc) is 2.82. The van der Waals surface area contributed by atoms with E-state index in [1.54, 1.807) is 0 Å². The summed E-state index contributed by atoms with van der Waals surface area (Å²) in [5.41, 5.74) is 4.17. The Morgan fingerprint density at radius 1 is 1.31 bits per heavy atom. The van der Waals surface area contributed by atoms with Gasteiger partial charge in [-0.25, -0.2) is 13.9 Å². The number of nitrogens with two attached hydrogens (primary N) is 1. The zero-order valence-corrected chi connectivity index (χ0v) is 16.5. The number of hydrogen-bond donors (Lipinski definition) is 6. The third-order valence-electron chi connectivity index (χ3n) is 3.35. The number of aliphatic hydroxyl groups is 2. The highest BCUT2D eigenvalue weighted by Crippen LogP contribution is 2.63. The molecule has 1 aliphatic heterocycles. The third-order valence-corrected chi connectivity index (χ3v) is 6.84. The quantitative estimate of drug-likeness (QED) is 0.208. The van der Waals surface area contributed by atoms with Gasteiger partial charge in [0.2, 0.25) is 0 Å². The van der Waals surface area contributed by atoms with Gasteiger partial charge in [0, 0.05) is 0 Å². The molecule has 164 valence electrons. The molecule has 29 heavy (non-hydrogen) atoms. The van der Waals surface area contributed by atoms with Crippen molar-refractivity contribution in [3.05, 3.63) is 16.7 Å². The molecule has 2 heterocycles. The summed E-state index contributed by atoms with van der Waals surface area (Å²) < 4.78 is 50.2. The molecular formula is C9H14N3O14P3. The first-order valence-corrected chi connectivity index (χ1v) is 11.3. The second kappa shape index (κ2) is 8.81. The number of ether oxygens (including phenoxy) is 1. The van der Waals surface area contributed by atoms with Crippen LogP contribution in [0.15, 0.2) is 11.0 Å². The highest BCUT2D eigenvalue weighted by molar-refractivity contribution is 7.64. The van der Waals surface area contributed by atoms with E-state index in [9.17, 15) is 43.6 Å². The van der Waals surface area contributed by atoms with E-state index in [4.69, 9.17) is 15.4 Å². The second-order valence-corrected chi connectivity index (χ2v) is 9.25. The van der Waals surface area contributed by atoms with Crippen LogP contribution in [0.3, 0.4) is 0 Å². The van der Waals surface area contributed by atoms with Crippen molar-refractivity contribution in [2.45, 2.75) is 24.5 Å². The lowest BCUT2D eigenvalue weighted by molar-refractivity contribution is -0.179. The summed E-state index contributed by atoms with van der Waals surface area (Å²) in [6.45, 7) is -1.03. The number of phosphoric acid groups is 2. The Bertz CT molecular complexity index is 937. The number of rotatable bonds is 8. The number of hydrogen-bond acceptors (Lipinski definition) is 14. The number of nitrogen functional groups attached to an aromatic ring is 1. The molecule has 1 aromatic rings. The fourth-order valence-electron chi connectivity index (χ4n) is 2.17. The zero-order chi connectivity index (χ0) is 22.1. The molecule has 1 aromatic heterocycles. The Labute approximate surface area is 161 Å². The molecule has 17 nitrogen and oxygen atoms in total. The first-order chi connectivity index (χ1) is 13.2. The van der Waals surface area contributed by atoms with Crippen molar-refractivity contribution < 1.29 is 61.6 Å². The highest BCUT2D eigenvalue weighted by atomic mass is 31.3. The first-order valence-electron chi connectivity index (χ1n) is 7.17. The van der Waals surface area contributed by atoms with Gasteiger partial charge in [0.1, 0.15) is 18.3 Å². The van der Waals surface area contributed by atoms with Crippen LogP contribution < -0.4 is 16.3 Å². The number of anilines is 1. The van der Waals surface area contributed by atoms with Gasteiger partial charge in [0.15, 0.2) is 17.8 Å². The Balaban J connectivity index is 2.09. The molecule has 0 bridgehead atoms. The number of phosphoric ester groups is 1. The molecule has 0 saturated carbocycles. The van der Waals surface area contributed by atoms with Crippen LogP contribution in [-0.4, -0.2) is 59.6 Å². The van der Waals surface area contributed by atoms with Gasteiger partial charge < -0.3 is 35.6 Å². The van der Waals surface area contributed by atoms with Gasteiger partial charge in [-0.1, -0.05) is 0 Å². The summed E-state index contributed by atoms with van der Waals surface area (Å²) in [4.78, 5) is 43.7. The van der Waals surface area contributed by atoms with Gasteiger partial charge >= 0.3 is 29.6 Å². The van der Waals surface area contributed by atoms with Gasteiger partial charge in [-0.2, -0.15) is 9.29 Å². The average molecular weight is 481 g/mol. The fourth-order valence-corrected chi connectivity index (χ4v) is 4.80. The van der Waals surface area contributed by atoms with E-state index < -0.39 is 72.3 Å². The van der Waals surface area contributed by atoms with Crippen molar-refractivity contribution >= 4 is 29.7 Å². The van der Waals surface area contributed by atoms with Crippen LogP contribution in [-0.2, 0) is 31.6 Å². The maximum Gasteiger partial charge on any atom is 0.524 e. The minimum atomic E-state index is -5.52. The molecule has 1 saturated heterocycles. The van der Waals surface area contributed by atoms with Crippen LogP contribution in [0.1, 0.15) is 6.23 Å². The number of aliphatic hydroxyl groups excluding tert-OH is 2. The van der Waals surface area contributed by atoms with Crippen LogP contribution in [0.5, 0.6) is 5.75 Å².